The fraction of sp³-hybridized carbons (Fsp3) is 0.231. The third-order valence-electron chi connectivity index (χ3n) is 4.98. The molecule has 0 saturated heterocycles. The summed E-state index contributed by atoms with van der Waals surface area (Å²) in [5.74, 6) is 1.77. The first-order valence-electron chi connectivity index (χ1n) is 11.8. The summed E-state index contributed by atoms with van der Waals surface area (Å²) < 4.78 is 10.9. The Morgan fingerprint density at radius 1 is 0.944 bits per heavy atom. The van der Waals surface area contributed by atoms with Crippen molar-refractivity contribution in [2.75, 3.05) is 19.2 Å². The lowest BCUT2D eigenvalue weighted by molar-refractivity contribution is 0.174. The van der Waals surface area contributed by atoms with Crippen LogP contribution in [0.1, 0.15) is 27.7 Å². The lowest BCUT2D eigenvalue weighted by Crippen LogP contribution is -2.11. The predicted octanol–water partition coefficient (Wildman–Crippen LogP) is 4.96. The molecule has 0 radical (unpaired) electrons. The number of H-pyrrole nitrogens is 2. The maximum atomic E-state index is 12.2. The van der Waals surface area contributed by atoms with Gasteiger partial charge in [0.15, 0.2) is 22.7 Å². The number of nitrogens with one attached hydrogen (secondary N) is 3. The molecule has 3 aromatic heterocycles. The van der Waals surface area contributed by atoms with Gasteiger partial charge in [-0.15, -0.1) is 0 Å². The third-order valence-corrected chi connectivity index (χ3v) is 4.98. The molecule has 0 amide bonds. The Morgan fingerprint density at radius 3 is 2.53 bits per heavy atom. The van der Waals surface area contributed by atoms with Crippen LogP contribution in [0.5, 0.6) is 11.5 Å². The highest BCUT2D eigenvalue weighted by Crippen LogP contribution is 2.38. The maximum absolute atomic E-state index is 12.2. The summed E-state index contributed by atoms with van der Waals surface area (Å²) >= 11 is 0. The molecule has 0 bridgehead atoms. The molecule has 0 aliphatic carbocycles. The molecule has 10 heteroatoms. The summed E-state index contributed by atoms with van der Waals surface area (Å²) in [7, 11) is 1.50. The van der Waals surface area contributed by atoms with Gasteiger partial charge in [-0.3, -0.25) is 14.8 Å². The highest BCUT2D eigenvalue weighted by molar-refractivity contribution is 5.96. The van der Waals surface area contributed by atoms with Crippen molar-refractivity contribution in [3.05, 3.63) is 65.3 Å². The fourth-order valence-electron chi connectivity index (χ4n) is 3.58. The average molecular weight is 490 g/mol. The number of imidazole rings is 1. The monoisotopic (exact) mass is 489 g/mol. The van der Waals surface area contributed by atoms with Crippen LogP contribution in [0.2, 0.25) is 0 Å². The number of benzene rings is 2. The van der Waals surface area contributed by atoms with E-state index in [9.17, 15) is 4.79 Å². The molecule has 10 nitrogen and oxygen atoms in total. The van der Waals surface area contributed by atoms with Crippen molar-refractivity contribution < 1.29 is 9.47 Å². The standard InChI is InChI=1S/C21H14N6O3.2C2H6.CH5N/c28-20-18-19(24-9-23-18)26-21(27-20)25-12-2-3-15-14(8-12)13(5-6-22-15)11-1-4-16-17(7-11)30-10-29-16;3*1-2/h1-9H,10H2,(H3,23,24,25,26,27,28);2*1-2H3;2H2,1H3. The molecule has 0 saturated carbocycles. The molecular formula is C26H31N7O3. The van der Waals surface area contributed by atoms with Crippen molar-refractivity contribution in [3.8, 4) is 22.6 Å². The molecule has 5 N–H and O–H groups in total. The fourth-order valence-corrected chi connectivity index (χ4v) is 3.58. The molecule has 0 fully saturated rings. The highest BCUT2D eigenvalue weighted by Gasteiger charge is 2.15. The van der Waals surface area contributed by atoms with Gasteiger partial charge in [-0.1, -0.05) is 33.8 Å². The third kappa shape index (κ3) is 5.28. The van der Waals surface area contributed by atoms with Crippen molar-refractivity contribution in [1.29, 1.82) is 0 Å². The number of aromatic nitrogens is 5. The second-order valence-electron chi connectivity index (χ2n) is 6.80. The molecule has 5 aromatic rings. The Kier molecular flexibility index (Phi) is 8.95. The number of pyridine rings is 1. The summed E-state index contributed by atoms with van der Waals surface area (Å²) in [6.07, 6.45) is 3.22. The van der Waals surface area contributed by atoms with Crippen LogP contribution in [0, 0.1) is 0 Å². The van der Waals surface area contributed by atoms with Gasteiger partial charge in [-0.2, -0.15) is 4.98 Å². The van der Waals surface area contributed by atoms with E-state index in [2.05, 4.69) is 36.0 Å². The number of aromatic amines is 2. The zero-order valence-corrected chi connectivity index (χ0v) is 21.0. The zero-order valence-electron chi connectivity index (χ0n) is 21.0. The number of hydrogen-bond donors (Lipinski definition) is 4. The number of hydrogen-bond acceptors (Lipinski definition) is 8. The molecule has 0 unspecified atom stereocenters. The van der Waals surface area contributed by atoms with E-state index in [0.29, 0.717) is 17.1 Å². The second kappa shape index (κ2) is 12.3. The van der Waals surface area contributed by atoms with Gasteiger partial charge in [0.05, 0.1) is 11.8 Å². The molecule has 1 aliphatic heterocycles. The minimum Gasteiger partial charge on any atom is -0.454 e. The van der Waals surface area contributed by atoms with E-state index in [1.165, 1.54) is 13.4 Å². The summed E-state index contributed by atoms with van der Waals surface area (Å²) in [6.45, 7) is 8.23. The molecule has 0 atom stereocenters. The highest BCUT2D eigenvalue weighted by atomic mass is 16.7. The minimum absolute atomic E-state index is 0.232. The lowest BCUT2D eigenvalue weighted by atomic mass is 10.0. The van der Waals surface area contributed by atoms with E-state index in [-0.39, 0.29) is 12.4 Å². The molecule has 4 heterocycles. The Hall–Kier alpha value is -4.44. The minimum atomic E-state index is -0.288. The molecule has 1 aliphatic rings. The normalized spacial score (nSPS) is 10.9. The van der Waals surface area contributed by atoms with Gasteiger partial charge in [0.1, 0.15) is 0 Å². The van der Waals surface area contributed by atoms with Gasteiger partial charge in [0, 0.05) is 17.3 Å². The first kappa shape index (κ1) is 26.2. The second-order valence-corrected chi connectivity index (χ2v) is 6.80. The van der Waals surface area contributed by atoms with E-state index in [4.69, 9.17) is 9.47 Å². The van der Waals surface area contributed by atoms with Crippen LogP contribution in [0.25, 0.3) is 33.2 Å². The topological polar surface area (TPSA) is 144 Å². The maximum Gasteiger partial charge on any atom is 0.278 e. The summed E-state index contributed by atoms with van der Waals surface area (Å²) in [4.78, 5) is 30.5. The van der Waals surface area contributed by atoms with Crippen LogP contribution in [-0.4, -0.2) is 38.8 Å². The Morgan fingerprint density at radius 2 is 1.72 bits per heavy atom. The smallest absolute Gasteiger partial charge is 0.278 e. The first-order chi connectivity index (χ1) is 17.7. The van der Waals surface area contributed by atoms with Crippen molar-refractivity contribution >= 4 is 33.7 Å². The predicted molar refractivity (Wildman–Crippen MR) is 144 cm³/mol. The van der Waals surface area contributed by atoms with E-state index < -0.39 is 0 Å². The van der Waals surface area contributed by atoms with Gasteiger partial charge >= 0.3 is 0 Å². The quantitative estimate of drug-likeness (QED) is 0.278. The number of fused-ring (bicyclic) bond motifs is 3. The van der Waals surface area contributed by atoms with Crippen molar-refractivity contribution in [3.63, 3.8) is 0 Å². The molecule has 188 valence electrons. The molecule has 6 rings (SSSR count). The van der Waals surface area contributed by atoms with E-state index in [1.807, 2.05) is 70.2 Å². The Bertz CT molecular complexity index is 1490. The largest absolute Gasteiger partial charge is 0.454 e. The average Bonchev–Trinajstić information content (AvgIpc) is 3.61. The number of rotatable bonds is 3. The van der Waals surface area contributed by atoms with Crippen LogP contribution in [0.4, 0.5) is 11.6 Å². The van der Waals surface area contributed by atoms with E-state index in [1.54, 1.807) is 6.20 Å². The molecule has 36 heavy (non-hydrogen) atoms. The number of ether oxygens (including phenoxy) is 2. The van der Waals surface area contributed by atoms with Crippen LogP contribution in [-0.2, 0) is 0 Å². The van der Waals surface area contributed by atoms with Crippen molar-refractivity contribution in [2.45, 2.75) is 27.7 Å². The van der Waals surface area contributed by atoms with E-state index in [0.717, 1.165) is 39.2 Å². The summed E-state index contributed by atoms with van der Waals surface area (Å²) in [5.41, 5.74) is 8.51. The number of nitrogens with two attached hydrogens (primary N) is 1. The number of nitrogens with zero attached hydrogens (tertiary/aromatic N) is 3. The van der Waals surface area contributed by atoms with Gasteiger partial charge < -0.3 is 25.5 Å². The molecular weight excluding hydrogens is 458 g/mol. The van der Waals surface area contributed by atoms with Gasteiger partial charge in [-0.05, 0) is 54.6 Å². The molecule has 0 spiro atoms. The van der Waals surface area contributed by atoms with E-state index >= 15 is 0 Å². The summed E-state index contributed by atoms with van der Waals surface area (Å²) in [5, 5.41) is 4.09. The number of anilines is 2. The first-order valence-corrected chi connectivity index (χ1v) is 11.8. The van der Waals surface area contributed by atoms with Crippen molar-refractivity contribution in [2.24, 2.45) is 5.73 Å². The SMILES string of the molecule is CC.CC.CN.O=c1[nH]c(Nc2ccc3nccc(-c4ccc5c(c4)OCO5)c3c2)nc2nc[nH]c12. The van der Waals surface area contributed by atoms with Crippen LogP contribution >= 0.6 is 0 Å². The zero-order chi connectivity index (χ0) is 26.1. The van der Waals surface area contributed by atoms with Crippen LogP contribution < -0.4 is 26.1 Å². The van der Waals surface area contributed by atoms with Gasteiger partial charge in [-0.25, -0.2) is 4.98 Å². The Balaban J connectivity index is 0.000000563. The van der Waals surface area contributed by atoms with Crippen molar-refractivity contribution in [1.82, 2.24) is 24.9 Å². The van der Waals surface area contributed by atoms with Crippen LogP contribution in [0.3, 0.4) is 0 Å². The van der Waals surface area contributed by atoms with Gasteiger partial charge in [0.2, 0.25) is 12.7 Å². The van der Waals surface area contributed by atoms with Gasteiger partial charge in [0.25, 0.3) is 5.56 Å². The summed E-state index contributed by atoms with van der Waals surface area (Å²) in [6, 6.07) is 13.6. The Labute approximate surface area is 208 Å². The lowest BCUT2D eigenvalue weighted by Gasteiger charge is -2.10. The van der Waals surface area contributed by atoms with Crippen LogP contribution in [0.15, 0.2) is 59.8 Å². The molecule has 2 aromatic carbocycles.